The predicted octanol–water partition coefficient (Wildman–Crippen LogP) is 5.62. The first kappa shape index (κ1) is 32.3. The SMILES string of the molecule is CCCCCCN(C(=O)C(NC(=O)OC(C)(C)C)C(C)C)C(C(=O)NCCCC)c1cccc(C)c1O. The molecule has 3 N–H and O–H groups in total. The van der Waals surface area contributed by atoms with Crippen molar-refractivity contribution in [2.24, 2.45) is 5.92 Å². The van der Waals surface area contributed by atoms with Crippen molar-refractivity contribution < 1.29 is 24.2 Å². The van der Waals surface area contributed by atoms with Gasteiger partial charge < -0.3 is 25.4 Å². The third kappa shape index (κ3) is 10.6. The van der Waals surface area contributed by atoms with Crippen LogP contribution in [0, 0.1) is 12.8 Å². The summed E-state index contributed by atoms with van der Waals surface area (Å²) in [6.07, 6.45) is 4.66. The van der Waals surface area contributed by atoms with Gasteiger partial charge in [0.05, 0.1) is 0 Å². The second kappa shape index (κ2) is 15.5. The number of aromatic hydroxyl groups is 1. The summed E-state index contributed by atoms with van der Waals surface area (Å²) < 4.78 is 5.41. The molecule has 8 nitrogen and oxygen atoms in total. The Balaban J connectivity index is 3.50. The molecule has 8 heteroatoms. The number of nitrogens with one attached hydrogen (secondary N) is 2. The van der Waals surface area contributed by atoms with E-state index in [4.69, 9.17) is 4.74 Å². The van der Waals surface area contributed by atoms with Gasteiger partial charge in [-0.25, -0.2) is 4.79 Å². The number of aryl methyl sites for hydroxylation is 1. The van der Waals surface area contributed by atoms with Gasteiger partial charge in [0.1, 0.15) is 23.4 Å². The summed E-state index contributed by atoms with van der Waals surface area (Å²) in [6.45, 7) is 15.7. The van der Waals surface area contributed by atoms with Crippen LogP contribution in [0.5, 0.6) is 5.75 Å². The van der Waals surface area contributed by atoms with Crippen LogP contribution in [0.4, 0.5) is 4.79 Å². The van der Waals surface area contributed by atoms with Crippen molar-refractivity contribution in [3.05, 3.63) is 29.3 Å². The number of unbranched alkanes of at least 4 members (excludes halogenated alkanes) is 4. The lowest BCUT2D eigenvalue weighted by molar-refractivity contribution is -0.143. The standard InChI is InChI=1S/C29H49N3O5/c1-9-11-13-14-19-32(27(35)23(20(3)4)31-28(36)37-29(6,7)8)24(26(34)30-18-12-10-2)22-17-15-16-21(5)25(22)33/h15-17,20,23-24,33H,9-14,18-19H2,1-8H3,(H,30,34)(H,31,36). The van der Waals surface area contributed by atoms with E-state index in [0.29, 0.717) is 30.6 Å². The Morgan fingerprint density at radius 3 is 2.24 bits per heavy atom. The molecule has 0 radical (unpaired) electrons. The fourth-order valence-electron chi connectivity index (χ4n) is 4.04. The van der Waals surface area contributed by atoms with E-state index in [-0.39, 0.29) is 23.5 Å². The van der Waals surface area contributed by atoms with Gasteiger partial charge in [-0.05, 0) is 52.0 Å². The third-order valence-corrected chi connectivity index (χ3v) is 6.09. The van der Waals surface area contributed by atoms with E-state index in [1.165, 1.54) is 4.90 Å². The Hall–Kier alpha value is -2.77. The number of rotatable bonds is 14. The molecule has 1 rings (SSSR count). The number of hydrogen-bond acceptors (Lipinski definition) is 5. The van der Waals surface area contributed by atoms with E-state index in [0.717, 1.165) is 32.1 Å². The highest BCUT2D eigenvalue weighted by atomic mass is 16.6. The Bertz CT molecular complexity index is 879. The number of carbonyl (C=O) groups is 3. The Kier molecular flexibility index (Phi) is 13.5. The molecule has 0 saturated heterocycles. The van der Waals surface area contributed by atoms with Gasteiger partial charge in [0.15, 0.2) is 0 Å². The molecule has 0 saturated carbocycles. The molecule has 0 aliphatic heterocycles. The average Bonchev–Trinajstić information content (AvgIpc) is 2.80. The maximum Gasteiger partial charge on any atom is 0.408 e. The van der Waals surface area contributed by atoms with Crippen molar-refractivity contribution in [1.82, 2.24) is 15.5 Å². The summed E-state index contributed by atoms with van der Waals surface area (Å²) in [7, 11) is 0. The number of amides is 3. The number of ether oxygens (including phenoxy) is 1. The highest BCUT2D eigenvalue weighted by Gasteiger charge is 2.38. The van der Waals surface area contributed by atoms with Crippen LogP contribution in [-0.4, -0.2) is 52.6 Å². The molecular formula is C29H49N3O5. The number of carbonyl (C=O) groups excluding carboxylic acids is 3. The lowest BCUT2D eigenvalue weighted by Gasteiger charge is -2.36. The topological polar surface area (TPSA) is 108 Å². The Labute approximate surface area is 223 Å². The van der Waals surface area contributed by atoms with Crippen LogP contribution in [0.3, 0.4) is 0 Å². The van der Waals surface area contributed by atoms with Crippen molar-refractivity contribution in [2.75, 3.05) is 13.1 Å². The lowest BCUT2D eigenvalue weighted by atomic mass is 9.96. The monoisotopic (exact) mass is 519 g/mol. The summed E-state index contributed by atoms with van der Waals surface area (Å²) in [6, 6.07) is 3.28. The first-order chi connectivity index (χ1) is 17.3. The molecule has 2 unspecified atom stereocenters. The zero-order valence-electron chi connectivity index (χ0n) is 24.1. The zero-order chi connectivity index (χ0) is 28.2. The minimum Gasteiger partial charge on any atom is -0.507 e. The van der Waals surface area contributed by atoms with Gasteiger partial charge in [-0.2, -0.15) is 0 Å². The molecule has 1 aromatic carbocycles. The molecule has 37 heavy (non-hydrogen) atoms. The molecule has 0 heterocycles. The van der Waals surface area contributed by atoms with E-state index in [1.54, 1.807) is 45.9 Å². The molecule has 1 aromatic rings. The van der Waals surface area contributed by atoms with Crippen molar-refractivity contribution in [3.8, 4) is 5.75 Å². The molecule has 2 atom stereocenters. The minimum absolute atomic E-state index is 0.00861. The van der Waals surface area contributed by atoms with Crippen molar-refractivity contribution in [3.63, 3.8) is 0 Å². The molecule has 3 amide bonds. The molecule has 0 spiro atoms. The molecular weight excluding hydrogens is 470 g/mol. The highest BCUT2D eigenvalue weighted by Crippen LogP contribution is 2.33. The summed E-state index contributed by atoms with van der Waals surface area (Å²) in [4.78, 5) is 41.8. The van der Waals surface area contributed by atoms with Crippen LogP contribution in [-0.2, 0) is 14.3 Å². The molecule has 0 aliphatic carbocycles. The van der Waals surface area contributed by atoms with Gasteiger partial charge in [0.25, 0.3) is 0 Å². The summed E-state index contributed by atoms with van der Waals surface area (Å²) in [5.74, 6) is -0.995. The number of phenols is 1. The predicted molar refractivity (Wildman–Crippen MR) is 147 cm³/mol. The fourth-order valence-corrected chi connectivity index (χ4v) is 4.04. The number of phenolic OH excluding ortho intramolecular Hbond substituents is 1. The first-order valence-corrected chi connectivity index (χ1v) is 13.7. The maximum atomic E-state index is 14.1. The Morgan fingerprint density at radius 1 is 1.03 bits per heavy atom. The summed E-state index contributed by atoms with van der Waals surface area (Å²) >= 11 is 0. The van der Waals surface area contributed by atoms with Crippen LogP contribution in [0.2, 0.25) is 0 Å². The van der Waals surface area contributed by atoms with Gasteiger partial charge >= 0.3 is 6.09 Å². The van der Waals surface area contributed by atoms with Gasteiger partial charge in [-0.3, -0.25) is 9.59 Å². The smallest absolute Gasteiger partial charge is 0.408 e. The van der Waals surface area contributed by atoms with Gasteiger partial charge in [0.2, 0.25) is 11.8 Å². The van der Waals surface area contributed by atoms with Crippen molar-refractivity contribution in [2.45, 2.75) is 112 Å². The number of para-hydroxylation sites is 1. The molecule has 210 valence electrons. The number of hydrogen-bond donors (Lipinski definition) is 3. The van der Waals surface area contributed by atoms with Gasteiger partial charge in [0, 0.05) is 18.7 Å². The highest BCUT2D eigenvalue weighted by molar-refractivity contribution is 5.92. The van der Waals surface area contributed by atoms with Crippen LogP contribution < -0.4 is 10.6 Å². The maximum absolute atomic E-state index is 14.1. The first-order valence-electron chi connectivity index (χ1n) is 13.7. The molecule has 0 bridgehead atoms. The second-order valence-electron chi connectivity index (χ2n) is 11.0. The quantitative estimate of drug-likeness (QED) is 0.277. The van der Waals surface area contributed by atoms with Crippen LogP contribution in [0.15, 0.2) is 18.2 Å². The van der Waals surface area contributed by atoms with E-state index in [2.05, 4.69) is 17.6 Å². The largest absolute Gasteiger partial charge is 0.507 e. The second-order valence-corrected chi connectivity index (χ2v) is 11.0. The lowest BCUT2D eigenvalue weighted by Crippen LogP contribution is -2.55. The molecule has 0 aromatic heterocycles. The summed E-state index contributed by atoms with van der Waals surface area (Å²) in [5, 5.41) is 16.6. The normalized spacial score (nSPS) is 13.1. The van der Waals surface area contributed by atoms with Gasteiger partial charge in [-0.1, -0.05) is 71.6 Å². The summed E-state index contributed by atoms with van der Waals surface area (Å²) in [5.41, 5.74) is 0.274. The van der Waals surface area contributed by atoms with Crippen LogP contribution >= 0.6 is 0 Å². The number of alkyl carbamates (subject to hydrolysis) is 1. The average molecular weight is 520 g/mol. The van der Waals surface area contributed by atoms with E-state index >= 15 is 0 Å². The number of benzene rings is 1. The molecule has 0 fully saturated rings. The van der Waals surface area contributed by atoms with Crippen LogP contribution in [0.25, 0.3) is 0 Å². The Morgan fingerprint density at radius 2 is 1.68 bits per heavy atom. The van der Waals surface area contributed by atoms with Crippen molar-refractivity contribution in [1.29, 1.82) is 0 Å². The van der Waals surface area contributed by atoms with Crippen molar-refractivity contribution >= 4 is 17.9 Å². The van der Waals surface area contributed by atoms with Gasteiger partial charge in [-0.15, -0.1) is 0 Å². The van der Waals surface area contributed by atoms with E-state index in [1.807, 2.05) is 20.8 Å². The van der Waals surface area contributed by atoms with Crippen LogP contribution in [0.1, 0.15) is 104 Å². The molecule has 0 aliphatic rings. The zero-order valence-corrected chi connectivity index (χ0v) is 24.1. The van der Waals surface area contributed by atoms with E-state index in [9.17, 15) is 19.5 Å². The number of nitrogens with zero attached hydrogens (tertiary/aromatic N) is 1. The third-order valence-electron chi connectivity index (χ3n) is 6.09. The van der Waals surface area contributed by atoms with E-state index < -0.39 is 23.8 Å². The minimum atomic E-state index is -1.03. The fraction of sp³-hybridized carbons (Fsp3) is 0.690.